The Morgan fingerprint density at radius 1 is 0.912 bits per heavy atom. The van der Waals surface area contributed by atoms with E-state index in [1.807, 2.05) is 11.3 Å². The maximum atomic E-state index is 4.77. The molecule has 170 valence electrons. The minimum Gasteiger partial charge on any atom is -0.280 e. The molecule has 1 N–H and O–H groups in total. The Bertz CT molecular complexity index is 1380. The maximum Gasteiger partial charge on any atom is 0.241 e. The molecule has 2 aromatic carbocycles. The number of hydrazone groups is 1. The van der Waals surface area contributed by atoms with Gasteiger partial charge in [0, 0.05) is 21.9 Å². The maximum absolute atomic E-state index is 4.77. The lowest BCUT2D eigenvalue weighted by atomic mass is 10.1. The van der Waals surface area contributed by atoms with Crippen molar-refractivity contribution in [2.75, 3.05) is 4.90 Å². The molecule has 0 saturated carbocycles. The number of anilines is 1. The highest BCUT2D eigenvalue weighted by molar-refractivity contribution is 8.13. The van der Waals surface area contributed by atoms with Crippen LogP contribution in [0.4, 0.5) is 5.95 Å². The Kier molecular flexibility index (Phi) is 5.14. The van der Waals surface area contributed by atoms with Crippen LogP contribution < -0.4 is 10.3 Å². The molecule has 9 heteroatoms. The molecular weight excluding hydrogens is 481 g/mol. The zero-order valence-electron chi connectivity index (χ0n) is 18.3. The van der Waals surface area contributed by atoms with Crippen molar-refractivity contribution in [3.63, 3.8) is 0 Å². The minimum absolute atomic E-state index is 0.00459. The molecule has 4 heterocycles. The molecule has 34 heavy (non-hydrogen) atoms. The number of aryl methyl sites for hydroxylation is 1. The Balaban J connectivity index is 1.25. The van der Waals surface area contributed by atoms with Gasteiger partial charge in [0.25, 0.3) is 0 Å². The number of thiophene rings is 1. The zero-order valence-corrected chi connectivity index (χ0v) is 20.8. The Morgan fingerprint density at radius 2 is 1.65 bits per heavy atom. The molecule has 6 nitrogen and oxygen atoms in total. The molecule has 2 aromatic heterocycles. The van der Waals surface area contributed by atoms with Gasteiger partial charge >= 0.3 is 0 Å². The number of amidine groups is 1. The molecule has 0 amide bonds. The normalized spacial score (nSPS) is 17.6. The number of hydrogen-bond acceptors (Lipinski definition) is 8. The second kappa shape index (κ2) is 8.48. The lowest BCUT2D eigenvalue weighted by Crippen LogP contribution is -2.38. The van der Waals surface area contributed by atoms with Crippen LogP contribution in [0.25, 0.3) is 5.00 Å². The topological polar surface area (TPSA) is 58.3 Å². The number of benzene rings is 2. The van der Waals surface area contributed by atoms with Gasteiger partial charge in [-0.05, 0) is 36.0 Å². The van der Waals surface area contributed by atoms with Gasteiger partial charge < -0.3 is 0 Å². The molecule has 3 aliphatic rings. The molecular formula is C25H22N6S3. The van der Waals surface area contributed by atoms with E-state index in [1.54, 1.807) is 23.5 Å². The molecule has 2 aliphatic heterocycles. The largest absolute Gasteiger partial charge is 0.280 e. The molecule has 0 saturated heterocycles. The van der Waals surface area contributed by atoms with Crippen molar-refractivity contribution < 1.29 is 0 Å². The summed E-state index contributed by atoms with van der Waals surface area (Å²) in [5, 5.41) is 17.3. The summed E-state index contributed by atoms with van der Waals surface area (Å²) in [7, 11) is 0. The van der Waals surface area contributed by atoms with Crippen molar-refractivity contribution in [1.82, 2.24) is 20.2 Å². The summed E-state index contributed by atoms with van der Waals surface area (Å²) >= 11 is 5.41. The van der Waals surface area contributed by atoms with Crippen LogP contribution in [0.15, 0.2) is 70.9 Å². The smallest absolute Gasteiger partial charge is 0.241 e. The second-order valence-electron chi connectivity index (χ2n) is 8.54. The van der Waals surface area contributed by atoms with Crippen molar-refractivity contribution in [3.8, 4) is 5.00 Å². The van der Waals surface area contributed by atoms with E-state index in [0.29, 0.717) is 0 Å². The standard InChI is InChI=1S/C25H22N6S3/c1-3-8-16(9-4-1)14-32-24-28-26-21-20-18-12-7-13-19(18)34-22(20)31-23(30(21)24)27-29-25(31)33-15-17-10-5-2-6-11-17/h1-6,8-11,21,26H,7,12-15H2. The summed E-state index contributed by atoms with van der Waals surface area (Å²) in [6, 6.07) is 21.1. The molecule has 1 unspecified atom stereocenters. The van der Waals surface area contributed by atoms with E-state index in [9.17, 15) is 0 Å². The number of nitrogens with one attached hydrogen (secondary N) is 1. The first-order chi connectivity index (χ1) is 16.9. The van der Waals surface area contributed by atoms with Gasteiger partial charge in [-0.3, -0.25) is 10.3 Å². The van der Waals surface area contributed by atoms with Crippen molar-refractivity contribution in [2.24, 2.45) is 5.10 Å². The van der Waals surface area contributed by atoms with Crippen molar-refractivity contribution in [2.45, 2.75) is 42.1 Å². The van der Waals surface area contributed by atoms with Crippen LogP contribution >= 0.6 is 34.9 Å². The molecule has 1 atom stereocenters. The molecule has 0 fully saturated rings. The number of aromatic nitrogens is 3. The van der Waals surface area contributed by atoms with E-state index < -0.39 is 0 Å². The second-order valence-corrected chi connectivity index (χ2v) is 11.5. The van der Waals surface area contributed by atoms with Gasteiger partial charge in [0.05, 0.1) is 0 Å². The van der Waals surface area contributed by atoms with Gasteiger partial charge in [0.2, 0.25) is 5.95 Å². The predicted molar refractivity (Wildman–Crippen MR) is 141 cm³/mol. The van der Waals surface area contributed by atoms with Gasteiger partial charge in [-0.15, -0.1) is 21.5 Å². The minimum atomic E-state index is -0.00459. The van der Waals surface area contributed by atoms with E-state index in [-0.39, 0.29) is 6.17 Å². The van der Waals surface area contributed by atoms with Crippen LogP contribution in [0, 0.1) is 0 Å². The van der Waals surface area contributed by atoms with Crippen LogP contribution in [0.2, 0.25) is 0 Å². The summed E-state index contributed by atoms with van der Waals surface area (Å²) in [6.07, 6.45) is 3.54. The highest BCUT2D eigenvalue weighted by Crippen LogP contribution is 2.50. The number of nitrogens with zero attached hydrogens (tertiary/aromatic N) is 5. The molecule has 4 aromatic rings. The van der Waals surface area contributed by atoms with E-state index in [4.69, 9.17) is 5.10 Å². The summed E-state index contributed by atoms with van der Waals surface area (Å²) in [6.45, 7) is 0. The quantitative estimate of drug-likeness (QED) is 0.352. The average Bonchev–Trinajstić information content (AvgIpc) is 3.65. The van der Waals surface area contributed by atoms with Crippen LogP contribution in [0.3, 0.4) is 0 Å². The van der Waals surface area contributed by atoms with E-state index >= 15 is 0 Å². The summed E-state index contributed by atoms with van der Waals surface area (Å²) in [5.74, 6) is 2.59. The fourth-order valence-electron chi connectivity index (χ4n) is 4.83. The molecule has 7 rings (SSSR count). The molecule has 0 spiro atoms. The Morgan fingerprint density at radius 3 is 2.41 bits per heavy atom. The number of rotatable bonds is 5. The van der Waals surface area contributed by atoms with Gasteiger partial charge in [-0.2, -0.15) is 5.10 Å². The van der Waals surface area contributed by atoms with Crippen LogP contribution in [0.5, 0.6) is 0 Å². The predicted octanol–water partition coefficient (Wildman–Crippen LogP) is 5.74. The SMILES string of the molecule is c1ccc(CSC2=NNC3c4c(sc5c4CCC5)-n4c(SCc5ccccc5)nnc4N23)cc1. The summed E-state index contributed by atoms with van der Waals surface area (Å²) in [5.41, 5.74) is 8.88. The number of thioether (sulfide) groups is 2. The highest BCUT2D eigenvalue weighted by Gasteiger charge is 2.44. The number of fused-ring (bicyclic) bond motifs is 8. The molecule has 0 bridgehead atoms. The van der Waals surface area contributed by atoms with Crippen LogP contribution in [-0.4, -0.2) is 19.9 Å². The third kappa shape index (κ3) is 3.37. The lowest BCUT2D eigenvalue weighted by Gasteiger charge is -2.31. The monoisotopic (exact) mass is 502 g/mol. The van der Waals surface area contributed by atoms with E-state index in [2.05, 4.69) is 85.8 Å². The van der Waals surface area contributed by atoms with Gasteiger partial charge in [-0.25, -0.2) is 4.57 Å². The fourth-order valence-corrected chi connectivity index (χ4v) is 8.13. The third-order valence-corrected chi connectivity index (χ3v) is 9.74. The van der Waals surface area contributed by atoms with E-state index in [0.717, 1.165) is 34.2 Å². The molecule has 0 radical (unpaired) electrons. The van der Waals surface area contributed by atoms with Gasteiger partial charge in [0.15, 0.2) is 16.5 Å². The Hall–Kier alpha value is -2.75. The van der Waals surface area contributed by atoms with E-state index in [1.165, 1.54) is 45.0 Å². The molecule has 1 aliphatic carbocycles. The lowest BCUT2D eigenvalue weighted by molar-refractivity contribution is 0.584. The van der Waals surface area contributed by atoms with Crippen molar-refractivity contribution >= 4 is 46.0 Å². The first-order valence-corrected chi connectivity index (χ1v) is 14.2. The summed E-state index contributed by atoms with van der Waals surface area (Å²) < 4.78 is 2.27. The van der Waals surface area contributed by atoms with Crippen molar-refractivity contribution in [3.05, 3.63) is 87.8 Å². The first-order valence-electron chi connectivity index (χ1n) is 11.4. The third-order valence-electron chi connectivity index (χ3n) is 6.42. The van der Waals surface area contributed by atoms with Gasteiger partial charge in [-0.1, -0.05) is 84.2 Å². The Labute approximate surface area is 210 Å². The van der Waals surface area contributed by atoms with Crippen LogP contribution in [0.1, 0.15) is 39.7 Å². The average molecular weight is 503 g/mol. The van der Waals surface area contributed by atoms with Crippen molar-refractivity contribution in [1.29, 1.82) is 0 Å². The summed E-state index contributed by atoms with van der Waals surface area (Å²) in [4.78, 5) is 3.76. The highest BCUT2D eigenvalue weighted by atomic mass is 32.2. The zero-order chi connectivity index (χ0) is 22.5. The number of hydrogen-bond donors (Lipinski definition) is 1. The first kappa shape index (κ1) is 20.6. The van der Waals surface area contributed by atoms with Gasteiger partial charge in [0.1, 0.15) is 5.00 Å². The fraction of sp³-hybridized carbons (Fsp3) is 0.240. The van der Waals surface area contributed by atoms with Crippen LogP contribution in [-0.2, 0) is 24.3 Å².